The van der Waals surface area contributed by atoms with Crippen LogP contribution in [0.25, 0.3) is 0 Å². The predicted molar refractivity (Wildman–Crippen MR) is 125 cm³/mol. The van der Waals surface area contributed by atoms with Gasteiger partial charge in [0.25, 0.3) is 5.91 Å². The molecule has 2 rings (SSSR count). The van der Waals surface area contributed by atoms with Crippen molar-refractivity contribution >= 4 is 47.2 Å². The molecule has 0 aliphatic heterocycles. The van der Waals surface area contributed by atoms with Crippen molar-refractivity contribution in [3.63, 3.8) is 0 Å². The lowest BCUT2D eigenvalue weighted by Gasteiger charge is -2.11. The van der Waals surface area contributed by atoms with Gasteiger partial charge in [0.2, 0.25) is 0 Å². The summed E-state index contributed by atoms with van der Waals surface area (Å²) in [6, 6.07) is 6.31. The third kappa shape index (κ3) is 8.01. The van der Waals surface area contributed by atoms with Crippen LogP contribution in [0.3, 0.4) is 0 Å². The lowest BCUT2D eigenvalue weighted by atomic mass is 10.2. The topological polar surface area (TPSA) is 98.6 Å². The molecule has 0 atom stereocenters. The molecule has 28 heavy (non-hydrogen) atoms. The molecule has 1 aromatic heterocycles. The average molecular weight is 517 g/mol. The monoisotopic (exact) mass is 517 g/mol. The average Bonchev–Trinajstić information content (AvgIpc) is 2.96. The zero-order valence-electron chi connectivity index (χ0n) is 16.4. The summed E-state index contributed by atoms with van der Waals surface area (Å²) in [5, 5.41) is 19.8. The number of hydrogen-bond donors (Lipinski definition) is 4. The van der Waals surface area contributed by atoms with Crippen LogP contribution in [0.2, 0.25) is 0 Å². The number of guanidine groups is 1. The molecule has 0 saturated heterocycles. The molecule has 1 aromatic carbocycles. The number of halogens is 1. The predicted octanol–water partition coefficient (Wildman–Crippen LogP) is 2.96. The van der Waals surface area contributed by atoms with Crippen molar-refractivity contribution < 1.29 is 9.90 Å². The molecule has 0 aliphatic rings. The van der Waals surface area contributed by atoms with E-state index < -0.39 is 0 Å². The van der Waals surface area contributed by atoms with Crippen molar-refractivity contribution in [3.05, 3.63) is 45.4 Å². The number of phenolic OH excluding ortho intramolecular Hbond substituents is 1. The Labute approximate surface area is 187 Å². The number of thiazole rings is 1. The summed E-state index contributed by atoms with van der Waals surface area (Å²) < 4.78 is 0. The number of hydrogen-bond acceptors (Lipinski definition) is 5. The van der Waals surface area contributed by atoms with Crippen LogP contribution in [-0.4, -0.2) is 41.6 Å². The molecule has 1 amide bonds. The van der Waals surface area contributed by atoms with Crippen LogP contribution in [-0.2, 0) is 6.54 Å². The number of aliphatic imine (C=N–C) groups is 1. The second-order valence-corrected chi connectivity index (χ2v) is 7.31. The van der Waals surface area contributed by atoms with Crippen molar-refractivity contribution in [2.45, 2.75) is 33.7 Å². The van der Waals surface area contributed by atoms with Gasteiger partial charge in [0.15, 0.2) is 5.96 Å². The van der Waals surface area contributed by atoms with Gasteiger partial charge in [-0.15, -0.1) is 35.3 Å². The Morgan fingerprint density at radius 2 is 1.96 bits per heavy atom. The minimum atomic E-state index is -0.192. The SMILES string of the molecule is CCNC(=NCc1sc(C)nc1C)NCCCNC(=O)c1cccc(O)c1.I. The first-order valence-electron chi connectivity index (χ1n) is 9.02. The Morgan fingerprint density at radius 3 is 2.61 bits per heavy atom. The summed E-state index contributed by atoms with van der Waals surface area (Å²) in [4.78, 5) is 22.2. The lowest BCUT2D eigenvalue weighted by molar-refractivity contribution is 0.0953. The van der Waals surface area contributed by atoms with Gasteiger partial charge >= 0.3 is 0 Å². The maximum absolute atomic E-state index is 12.0. The first-order valence-corrected chi connectivity index (χ1v) is 9.83. The molecular formula is C19H28IN5O2S. The zero-order chi connectivity index (χ0) is 19.6. The van der Waals surface area contributed by atoms with Crippen LogP contribution >= 0.6 is 35.3 Å². The van der Waals surface area contributed by atoms with E-state index in [1.54, 1.807) is 23.5 Å². The molecule has 7 nitrogen and oxygen atoms in total. The van der Waals surface area contributed by atoms with Gasteiger partial charge in [-0.25, -0.2) is 9.98 Å². The van der Waals surface area contributed by atoms with Gasteiger partial charge < -0.3 is 21.1 Å². The van der Waals surface area contributed by atoms with Crippen LogP contribution in [0.4, 0.5) is 0 Å². The number of nitrogens with one attached hydrogen (secondary N) is 3. The number of aromatic hydroxyl groups is 1. The number of amides is 1. The number of rotatable bonds is 8. The summed E-state index contributed by atoms with van der Waals surface area (Å²) in [6.07, 6.45) is 0.758. The molecule has 0 saturated carbocycles. The van der Waals surface area contributed by atoms with Gasteiger partial charge in [-0.3, -0.25) is 4.79 Å². The Hall–Kier alpha value is -1.88. The van der Waals surface area contributed by atoms with Crippen LogP contribution in [0, 0.1) is 13.8 Å². The molecule has 154 valence electrons. The molecule has 0 spiro atoms. The van der Waals surface area contributed by atoms with E-state index in [1.165, 1.54) is 17.0 Å². The highest BCUT2D eigenvalue weighted by Crippen LogP contribution is 2.17. The van der Waals surface area contributed by atoms with Crippen molar-refractivity contribution in [2.24, 2.45) is 4.99 Å². The standard InChI is InChI=1S/C19H27N5O2S.HI/c1-4-20-19(23-12-17-13(2)24-14(3)27-17)22-10-6-9-21-18(26)15-7-5-8-16(25)11-15;/h5,7-8,11,25H,4,6,9-10,12H2,1-3H3,(H,21,26)(H2,20,22,23);1H. The lowest BCUT2D eigenvalue weighted by Crippen LogP contribution is -2.38. The van der Waals surface area contributed by atoms with Crippen molar-refractivity contribution in [1.29, 1.82) is 0 Å². The Bertz CT molecular complexity index is 794. The van der Waals surface area contributed by atoms with Gasteiger partial charge in [-0.05, 0) is 45.4 Å². The largest absolute Gasteiger partial charge is 0.508 e. The van der Waals surface area contributed by atoms with Crippen LogP contribution in [0.1, 0.15) is 39.3 Å². The fourth-order valence-electron chi connectivity index (χ4n) is 2.46. The molecule has 0 fully saturated rings. The van der Waals surface area contributed by atoms with Crippen molar-refractivity contribution in [1.82, 2.24) is 20.9 Å². The van der Waals surface area contributed by atoms with E-state index in [2.05, 4.69) is 25.9 Å². The number of carbonyl (C=O) groups excluding carboxylic acids is 1. The molecule has 0 unspecified atom stereocenters. The summed E-state index contributed by atoms with van der Waals surface area (Å²) in [5.74, 6) is 0.645. The number of benzene rings is 1. The summed E-state index contributed by atoms with van der Waals surface area (Å²) in [7, 11) is 0. The highest BCUT2D eigenvalue weighted by molar-refractivity contribution is 14.0. The zero-order valence-corrected chi connectivity index (χ0v) is 19.6. The van der Waals surface area contributed by atoms with E-state index in [4.69, 9.17) is 0 Å². The summed E-state index contributed by atoms with van der Waals surface area (Å²) >= 11 is 1.67. The first kappa shape index (κ1) is 24.2. The van der Waals surface area contributed by atoms with Gasteiger partial charge in [0.1, 0.15) is 5.75 Å². The second-order valence-electron chi connectivity index (χ2n) is 6.02. The molecular weight excluding hydrogens is 489 g/mol. The third-order valence-corrected chi connectivity index (χ3v) is 4.82. The normalized spacial score (nSPS) is 10.9. The highest BCUT2D eigenvalue weighted by atomic mass is 127. The Balaban J connectivity index is 0.00000392. The van der Waals surface area contributed by atoms with Crippen LogP contribution in [0.5, 0.6) is 5.75 Å². The molecule has 0 aliphatic carbocycles. The number of nitrogens with zero attached hydrogens (tertiary/aromatic N) is 2. The van der Waals surface area contributed by atoms with E-state index >= 15 is 0 Å². The Kier molecular flexibility index (Phi) is 10.8. The quantitative estimate of drug-likeness (QED) is 0.187. The first-order chi connectivity index (χ1) is 13.0. The molecule has 1 heterocycles. The smallest absolute Gasteiger partial charge is 0.251 e. The Morgan fingerprint density at radius 1 is 1.21 bits per heavy atom. The molecule has 0 radical (unpaired) electrons. The highest BCUT2D eigenvalue weighted by Gasteiger charge is 2.06. The van der Waals surface area contributed by atoms with E-state index in [0.717, 1.165) is 29.6 Å². The summed E-state index contributed by atoms with van der Waals surface area (Å²) in [6.45, 7) is 8.63. The minimum absolute atomic E-state index is 0. The maximum Gasteiger partial charge on any atom is 0.251 e. The maximum atomic E-state index is 12.0. The fourth-order valence-corrected chi connectivity index (χ4v) is 3.32. The fraction of sp³-hybridized carbons (Fsp3) is 0.421. The molecule has 4 N–H and O–H groups in total. The second kappa shape index (κ2) is 12.6. The van der Waals surface area contributed by atoms with E-state index in [0.29, 0.717) is 25.2 Å². The van der Waals surface area contributed by atoms with Crippen LogP contribution < -0.4 is 16.0 Å². The molecule has 9 heteroatoms. The number of aromatic nitrogens is 1. The van der Waals surface area contributed by atoms with Crippen molar-refractivity contribution in [2.75, 3.05) is 19.6 Å². The van der Waals surface area contributed by atoms with Gasteiger partial charge in [0, 0.05) is 30.1 Å². The van der Waals surface area contributed by atoms with E-state index in [1.807, 2.05) is 20.8 Å². The van der Waals surface area contributed by atoms with Crippen LogP contribution in [0.15, 0.2) is 29.3 Å². The number of carbonyl (C=O) groups is 1. The van der Waals surface area contributed by atoms with E-state index in [-0.39, 0.29) is 35.6 Å². The minimum Gasteiger partial charge on any atom is -0.508 e. The summed E-state index contributed by atoms with van der Waals surface area (Å²) in [5.41, 5.74) is 1.49. The third-order valence-electron chi connectivity index (χ3n) is 3.76. The molecule has 0 bridgehead atoms. The van der Waals surface area contributed by atoms with Gasteiger partial charge in [0.05, 0.1) is 17.2 Å². The van der Waals surface area contributed by atoms with E-state index in [9.17, 15) is 9.90 Å². The number of aryl methyl sites for hydroxylation is 2. The molecule has 2 aromatic rings. The van der Waals surface area contributed by atoms with Crippen molar-refractivity contribution in [3.8, 4) is 5.75 Å². The van der Waals surface area contributed by atoms with Gasteiger partial charge in [-0.1, -0.05) is 6.07 Å². The van der Waals surface area contributed by atoms with Gasteiger partial charge in [-0.2, -0.15) is 0 Å². The number of phenols is 1.